The predicted octanol–water partition coefficient (Wildman–Crippen LogP) is 4.45. The Morgan fingerprint density at radius 2 is 2.00 bits per heavy atom. The van der Waals surface area contributed by atoms with E-state index in [1.165, 1.54) is 6.92 Å². The van der Waals surface area contributed by atoms with Crippen LogP contribution in [0.15, 0.2) is 42.6 Å². The highest BCUT2D eigenvalue weighted by Crippen LogP contribution is 2.65. The molecule has 196 valence electrons. The minimum absolute atomic E-state index is 0.149. The zero-order valence-corrected chi connectivity index (χ0v) is 22.9. The Hall–Kier alpha value is -1.92. The first-order chi connectivity index (χ1) is 16.9. The first-order valence-electron chi connectivity index (χ1n) is 11.5. The number of nitrogens with zero attached hydrogens (tertiary/aromatic N) is 1. The molecular formula is C23H30N3O7PS2. The number of para-hydroxylation sites is 1. The fraction of sp³-hybridized carbons (Fsp3) is 0.522. The lowest BCUT2D eigenvalue weighted by atomic mass is 9.98. The van der Waals surface area contributed by atoms with E-state index in [0.29, 0.717) is 21.6 Å². The molecule has 1 aliphatic carbocycles. The van der Waals surface area contributed by atoms with Crippen LogP contribution in [0, 0.1) is 15.3 Å². The maximum absolute atomic E-state index is 13.8. The molecule has 2 aliphatic rings. The number of ether oxygens (including phenoxy) is 2. The summed E-state index contributed by atoms with van der Waals surface area (Å²) in [6.07, 6.45) is 1.00. The lowest BCUT2D eigenvalue weighted by Crippen LogP contribution is -2.37. The maximum Gasteiger partial charge on any atom is 0.459 e. The van der Waals surface area contributed by atoms with Gasteiger partial charge >= 0.3 is 13.7 Å². The SMILES string of the molecule is CC(C)OC(=O)C(C)NP(=O)(OCC12CC1C(C)(O)C(n1ccc(=S)[nH]c1=S)O2)Oc1ccccc1. The van der Waals surface area contributed by atoms with E-state index in [1.54, 1.807) is 67.9 Å². The van der Waals surface area contributed by atoms with Crippen LogP contribution in [0.4, 0.5) is 0 Å². The van der Waals surface area contributed by atoms with Crippen LogP contribution >= 0.6 is 32.2 Å². The number of rotatable bonds is 10. The van der Waals surface area contributed by atoms with Crippen molar-refractivity contribution in [2.24, 2.45) is 5.92 Å². The average Bonchev–Trinajstić information content (AvgIpc) is 3.47. The third-order valence-corrected chi connectivity index (χ3v) is 8.36. The van der Waals surface area contributed by atoms with Gasteiger partial charge in [-0.05, 0) is 64.5 Å². The summed E-state index contributed by atoms with van der Waals surface area (Å²) in [6.45, 7) is 6.48. The summed E-state index contributed by atoms with van der Waals surface area (Å²) < 4.78 is 39.2. The highest BCUT2D eigenvalue weighted by molar-refractivity contribution is 7.72. The van der Waals surface area contributed by atoms with Crippen molar-refractivity contribution in [3.05, 3.63) is 52.0 Å². The monoisotopic (exact) mass is 555 g/mol. The number of aromatic amines is 1. The normalized spacial score (nSPS) is 29.3. The van der Waals surface area contributed by atoms with E-state index in [0.717, 1.165) is 0 Å². The van der Waals surface area contributed by atoms with Gasteiger partial charge in [-0.25, -0.2) is 4.57 Å². The molecule has 1 saturated heterocycles. The van der Waals surface area contributed by atoms with Crippen molar-refractivity contribution in [2.45, 2.75) is 63.7 Å². The molecule has 36 heavy (non-hydrogen) atoms. The van der Waals surface area contributed by atoms with Crippen molar-refractivity contribution >= 4 is 38.2 Å². The highest BCUT2D eigenvalue weighted by atomic mass is 32.1. The Kier molecular flexibility index (Phi) is 7.60. The summed E-state index contributed by atoms with van der Waals surface area (Å²) in [4.78, 5) is 15.2. The van der Waals surface area contributed by atoms with E-state index in [4.69, 9.17) is 43.0 Å². The van der Waals surface area contributed by atoms with E-state index in [9.17, 15) is 14.5 Å². The molecule has 6 unspecified atom stereocenters. The van der Waals surface area contributed by atoms with Crippen molar-refractivity contribution < 1.29 is 33.0 Å². The van der Waals surface area contributed by atoms with Gasteiger partial charge in [0.1, 0.15) is 27.6 Å². The van der Waals surface area contributed by atoms with Gasteiger partial charge in [0, 0.05) is 12.1 Å². The number of aliphatic hydroxyl groups is 1. The Labute approximate surface area is 219 Å². The number of hydrogen-bond acceptors (Lipinski definition) is 9. The molecule has 1 saturated carbocycles. The molecule has 2 fully saturated rings. The van der Waals surface area contributed by atoms with Gasteiger partial charge < -0.3 is 24.1 Å². The molecule has 1 aromatic heterocycles. The van der Waals surface area contributed by atoms with Crippen LogP contribution in [-0.4, -0.2) is 50.6 Å². The molecule has 0 amide bonds. The van der Waals surface area contributed by atoms with Gasteiger partial charge in [-0.15, -0.1) is 0 Å². The highest BCUT2D eigenvalue weighted by Gasteiger charge is 2.73. The van der Waals surface area contributed by atoms with Crippen LogP contribution in [0.3, 0.4) is 0 Å². The number of hydrogen-bond donors (Lipinski definition) is 3. The number of benzene rings is 1. The van der Waals surface area contributed by atoms with Gasteiger partial charge in [0.15, 0.2) is 11.0 Å². The number of aromatic nitrogens is 2. The van der Waals surface area contributed by atoms with Gasteiger partial charge in [0.2, 0.25) is 0 Å². The van der Waals surface area contributed by atoms with E-state index in [1.807, 2.05) is 0 Å². The quantitative estimate of drug-likeness (QED) is 0.220. The minimum atomic E-state index is -4.07. The first-order valence-corrected chi connectivity index (χ1v) is 13.9. The second-order valence-corrected chi connectivity index (χ2v) is 12.1. The van der Waals surface area contributed by atoms with Crippen LogP contribution in [0.5, 0.6) is 5.75 Å². The van der Waals surface area contributed by atoms with Crippen LogP contribution < -0.4 is 9.61 Å². The topological polar surface area (TPSA) is 124 Å². The van der Waals surface area contributed by atoms with E-state index in [2.05, 4.69) is 10.1 Å². The summed E-state index contributed by atoms with van der Waals surface area (Å²) in [7, 11) is -4.07. The third kappa shape index (κ3) is 5.65. The third-order valence-electron chi connectivity index (χ3n) is 6.18. The molecule has 4 rings (SSSR count). The van der Waals surface area contributed by atoms with Gasteiger partial charge in [-0.3, -0.25) is 13.9 Å². The maximum atomic E-state index is 13.8. The van der Waals surface area contributed by atoms with Gasteiger partial charge in [0.05, 0.1) is 12.7 Å². The van der Waals surface area contributed by atoms with Gasteiger partial charge in [-0.1, -0.05) is 30.4 Å². The largest absolute Gasteiger partial charge is 0.462 e. The molecule has 1 aromatic carbocycles. The van der Waals surface area contributed by atoms with Gasteiger partial charge in [-0.2, -0.15) is 5.09 Å². The summed E-state index contributed by atoms with van der Waals surface area (Å²) >= 11 is 10.5. The number of nitrogens with one attached hydrogen (secondary N) is 2. The molecule has 0 radical (unpaired) electrons. The van der Waals surface area contributed by atoms with Crippen LogP contribution in [0.25, 0.3) is 0 Å². The second kappa shape index (κ2) is 10.1. The number of carbonyl (C=O) groups is 1. The van der Waals surface area contributed by atoms with Crippen LogP contribution in [0.2, 0.25) is 0 Å². The Morgan fingerprint density at radius 3 is 2.64 bits per heavy atom. The molecule has 2 aromatic rings. The fourth-order valence-corrected chi connectivity index (χ4v) is 6.38. The minimum Gasteiger partial charge on any atom is -0.462 e. The van der Waals surface area contributed by atoms with E-state index in [-0.39, 0.29) is 18.6 Å². The molecule has 10 nitrogen and oxygen atoms in total. The molecule has 0 bridgehead atoms. The van der Waals surface area contributed by atoms with Gasteiger partial charge in [0.25, 0.3) is 0 Å². The van der Waals surface area contributed by atoms with E-state index < -0.39 is 37.2 Å². The predicted molar refractivity (Wildman–Crippen MR) is 136 cm³/mol. The molecule has 3 N–H and O–H groups in total. The summed E-state index contributed by atoms with van der Waals surface area (Å²) in [5, 5.41) is 13.9. The Balaban J connectivity index is 1.53. The zero-order valence-electron chi connectivity index (χ0n) is 20.4. The fourth-order valence-electron chi connectivity index (χ4n) is 4.34. The second-order valence-electron chi connectivity index (χ2n) is 9.55. The zero-order chi connectivity index (χ0) is 26.3. The summed E-state index contributed by atoms with van der Waals surface area (Å²) in [6, 6.07) is 9.17. The summed E-state index contributed by atoms with van der Waals surface area (Å²) in [5.74, 6) is -0.594. The van der Waals surface area contributed by atoms with Crippen molar-refractivity contribution in [1.29, 1.82) is 0 Å². The standard InChI is InChI=1S/C23H30N3O7PS2/c1-14(2)31-19(27)15(3)25-34(29,33-16-8-6-5-7-9-16)30-13-23-12-17(23)22(4,28)20(32-23)26-11-10-18(35)24-21(26)36/h5-11,14-15,17,20,28H,12-13H2,1-4H3,(H,25,29)(H,24,35,36). The lowest BCUT2D eigenvalue weighted by Gasteiger charge is -2.30. The van der Waals surface area contributed by atoms with Crippen molar-refractivity contribution in [1.82, 2.24) is 14.6 Å². The number of fused-ring (bicyclic) bond motifs is 1. The van der Waals surface area contributed by atoms with E-state index >= 15 is 0 Å². The average molecular weight is 556 g/mol. The van der Waals surface area contributed by atoms with Crippen LogP contribution in [-0.2, 0) is 23.4 Å². The van der Waals surface area contributed by atoms with Crippen LogP contribution in [0.1, 0.15) is 40.3 Å². The number of H-pyrrole nitrogens is 1. The molecular weight excluding hydrogens is 525 g/mol. The smallest absolute Gasteiger partial charge is 0.459 e. The molecule has 13 heteroatoms. The van der Waals surface area contributed by atoms with Crippen molar-refractivity contribution in [2.75, 3.05) is 6.61 Å². The molecule has 1 aliphatic heterocycles. The number of esters is 1. The summed E-state index contributed by atoms with van der Waals surface area (Å²) in [5.41, 5.74) is -2.18. The van der Waals surface area contributed by atoms with Crippen molar-refractivity contribution in [3.8, 4) is 5.75 Å². The molecule has 0 spiro atoms. The Morgan fingerprint density at radius 1 is 1.31 bits per heavy atom. The molecule has 2 heterocycles. The lowest BCUT2D eigenvalue weighted by molar-refractivity contribution is -0.149. The first kappa shape index (κ1) is 27.1. The number of carbonyl (C=O) groups excluding carboxylic acids is 1. The molecule has 6 atom stereocenters. The van der Waals surface area contributed by atoms with Crippen molar-refractivity contribution in [3.63, 3.8) is 0 Å². The Bertz CT molecular complexity index is 1280.